The van der Waals surface area contributed by atoms with Crippen molar-refractivity contribution in [3.63, 3.8) is 0 Å². The summed E-state index contributed by atoms with van der Waals surface area (Å²) < 4.78 is 0. The SMILES string of the molecule is C[C@@H]1C[C@@H]1N1C[C@@H](NC(=O)[C@H](N)c2ccccc2)CC1=O. The minimum Gasteiger partial charge on any atom is -0.349 e. The summed E-state index contributed by atoms with van der Waals surface area (Å²) in [4.78, 5) is 26.1. The molecule has 2 amide bonds. The molecule has 1 aliphatic carbocycles. The Bertz CT molecular complexity index is 546. The molecule has 2 fully saturated rings. The van der Waals surface area contributed by atoms with Gasteiger partial charge in [-0.25, -0.2) is 0 Å². The Hall–Kier alpha value is -1.88. The van der Waals surface area contributed by atoms with Gasteiger partial charge in [0.25, 0.3) is 0 Å². The summed E-state index contributed by atoms with van der Waals surface area (Å²) in [5.74, 6) is 0.516. The Labute approximate surface area is 124 Å². The zero-order valence-electron chi connectivity index (χ0n) is 12.2. The van der Waals surface area contributed by atoms with Crippen LogP contribution in [-0.2, 0) is 9.59 Å². The first-order chi connectivity index (χ1) is 10.1. The highest BCUT2D eigenvalue weighted by atomic mass is 16.2. The van der Waals surface area contributed by atoms with Gasteiger partial charge in [0.1, 0.15) is 6.04 Å². The van der Waals surface area contributed by atoms with Gasteiger partial charge in [-0.3, -0.25) is 9.59 Å². The van der Waals surface area contributed by atoms with Crippen LogP contribution < -0.4 is 11.1 Å². The molecule has 0 unspecified atom stereocenters. The number of carbonyl (C=O) groups is 2. The maximum absolute atomic E-state index is 12.2. The van der Waals surface area contributed by atoms with E-state index in [1.807, 2.05) is 35.2 Å². The van der Waals surface area contributed by atoms with E-state index in [0.29, 0.717) is 24.9 Å². The molecule has 1 aliphatic heterocycles. The maximum Gasteiger partial charge on any atom is 0.241 e. The second-order valence-electron chi connectivity index (χ2n) is 6.12. The first kappa shape index (κ1) is 14.1. The van der Waals surface area contributed by atoms with Gasteiger partial charge < -0.3 is 16.0 Å². The van der Waals surface area contributed by atoms with E-state index in [4.69, 9.17) is 5.73 Å². The Morgan fingerprint density at radius 3 is 2.67 bits per heavy atom. The molecule has 4 atom stereocenters. The number of nitrogens with one attached hydrogen (secondary N) is 1. The highest BCUT2D eigenvalue weighted by Crippen LogP contribution is 2.37. The lowest BCUT2D eigenvalue weighted by Gasteiger charge is -2.18. The van der Waals surface area contributed by atoms with E-state index in [0.717, 1.165) is 12.0 Å². The molecule has 2 aliphatic rings. The molecule has 1 aromatic carbocycles. The molecular weight excluding hydrogens is 266 g/mol. The van der Waals surface area contributed by atoms with E-state index in [9.17, 15) is 9.59 Å². The van der Waals surface area contributed by atoms with Crippen molar-refractivity contribution in [2.45, 2.75) is 37.9 Å². The van der Waals surface area contributed by atoms with Crippen molar-refractivity contribution < 1.29 is 9.59 Å². The molecule has 0 aromatic heterocycles. The van der Waals surface area contributed by atoms with Gasteiger partial charge in [-0.2, -0.15) is 0 Å². The Balaban J connectivity index is 1.57. The van der Waals surface area contributed by atoms with Gasteiger partial charge in [-0.15, -0.1) is 0 Å². The van der Waals surface area contributed by atoms with Crippen LogP contribution in [0.4, 0.5) is 0 Å². The first-order valence-electron chi connectivity index (χ1n) is 7.46. The molecule has 5 heteroatoms. The third-order valence-corrected chi connectivity index (χ3v) is 4.41. The molecule has 1 aromatic rings. The average Bonchev–Trinajstić information content (AvgIpc) is 3.09. The molecule has 112 valence electrons. The lowest BCUT2D eigenvalue weighted by molar-refractivity contribution is -0.128. The number of likely N-dealkylation sites (tertiary alicyclic amines) is 1. The van der Waals surface area contributed by atoms with Crippen molar-refractivity contribution in [3.05, 3.63) is 35.9 Å². The van der Waals surface area contributed by atoms with E-state index in [-0.39, 0.29) is 17.9 Å². The van der Waals surface area contributed by atoms with Crippen molar-refractivity contribution in [1.82, 2.24) is 10.2 Å². The largest absolute Gasteiger partial charge is 0.349 e. The van der Waals surface area contributed by atoms with Gasteiger partial charge >= 0.3 is 0 Å². The van der Waals surface area contributed by atoms with E-state index < -0.39 is 6.04 Å². The molecule has 0 bridgehead atoms. The molecule has 0 spiro atoms. The third kappa shape index (κ3) is 2.93. The van der Waals surface area contributed by atoms with Crippen molar-refractivity contribution in [1.29, 1.82) is 0 Å². The third-order valence-electron chi connectivity index (χ3n) is 4.41. The zero-order chi connectivity index (χ0) is 15.0. The predicted octanol–water partition coefficient (Wildman–Crippen LogP) is 0.812. The van der Waals surface area contributed by atoms with Gasteiger partial charge in [-0.1, -0.05) is 37.3 Å². The minimum atomic E-state index is -0.685. The monoisotopic (exact) mass is 287 g/mol. The summed E-state index contributed by atoms with van der Waals surface area (Å²) in [6.45, 7) is 2.76. The number of hydrogen-bond acceptors (Lipinski definition) is 3. The fraction of sp³-hybridized carbons (Fsp3) is 0.500. The number of carbonyl (C=O) groups excluding carboxylic acids is 2. The topological polar surface area (TPSA) is 75.4 Å². The molecule has 0 radical (unpaired) electrons. The predicted molar refractivity (Wildman–Crippen MR) is 79.2 cm³/mol. The number of benzene rings is 1. The summed E-state index contributed by atoms with van der Waals surface area (Å²) in [6.07, 6.45) is 1.46. The lowest BCUT2D eigenvalue weighted by atomic mass is 10.1. The summed E-state index contributed by atoms with van der Waals surface area (Å²) in [5, 5.41) is 2.91. The van der Waals surface area contributed by atoms with Crippen LogP contribution in [0.3, 0.4) is 0 Å². The Morgan fingerprint density at radius 1 is 1.38 bits per heavy atom. The molecular formula is C16H21N3O2. The van der Waals surface area contributed by atoms with Crippen molar-refractivity contribution in [2.75, 3.05) is 6.54 Å². The molecule has 5 nitrogen and oxygen atoms in total. The summed E-state index contributed by atoms with van der Waals surface area (Å²) in [6, 6.07) is 8.85. The normalized spacial score (nSPS) is 29.3. The Morgan fingerprint density at radius 2 is 2.05 bits per heavy atom. The molecule has 1 heterocycles. The van der Waals surface area contributed by atoms with Gasteiger partial charge in [0, 0.05) is 19.0 Å². The summed E-state index contributed by atoms with van der Waals surface area (Å²) >= 11 is 0. The molecule has 21 heavy (non-hydrogen) atoms. The molecule has 1 saturated heterocycles. The van der Waals surface area contributed by atoms with E-state index in [2.05, 4.69) is 12.2 Å². The van der Waals surface area contributed by atoms with E-state index in [1.54, 1.807) is 0 Å². The Kier molecular flexibility index (Phi) is 3.68. The van der Waals surface area contributed by atoms with Crippen LogP contribution in [0.1, 0.15) is 31.4 Å². The molecule has 3 rings (SSSR count). The number of rotatable bonds is 4. The highest BCUT2D eigenvalue weighted by Gasteiger charge is 2.45. The van der Waals surface area contributed by atoms with Crippen LogP contribution in [0.25, 0.3) is 0 Å². The van der Waals surface area contributed by atoms with Crippen LogP contribution >= 0.6 is 0 Å². The van der Waals surface area contributed by atoms with E-state index >= 15 is 0 Å². The molecule has 1 saturated carbocycles. The number of nitrogens with two attached hydrogens (primary N) is 1. The number of nitrogens with zero attached hydrogens (tertiary/aromatic N) is 1. The summed E-state index contributed by atoms with van der Waals surface area (Å²) in [7, 11) is 0. The second-order valence-corrected chi connectivity index (χ2v) is 6.12. The second kappa shape index (κ2) is 5.48. The zero-order valence-corrected chi connectivity index (χ0v) is 12.2. The van der Waals surface area contributed by atoms with Crippen LogP contribution in [0.2, 0.25) is 0 Å². The fourth-order valence-electron chi connectivity index (χ4n) is 2.99. The number of amides is 2. The first-order valence-corrected chi connectivity index (χ1v) is 7.46. The van der Waals surface area contributed by atoms with Crippen LogP contribution in [-0.4, -0.2) is 35.3 Å². The van der Waals surface area contributed by atoms with Gasteiger partial charge in [0.2, 0.25) is 11.8 Å². The van der Waals surface area contributed by atoms with Crippen LogP contribution in [0.15, 0.2) is 30.3 Å². The maximum atomic E-state index is 12.2. The standard InChI is InChI=1S/C16H21N3O2/c1-10-7-13(10)19-9-12(8-14(19)20)18-16(21)15(17)11-5-3-2-4-6-11/h2-6,10,12-13,15H,7-9,17H2,1H3,(H,18,21)/t10-,12+,13+,15-/m1/s1. The van der Waals surface area contributed by atoms with Crippen molar-refractivity contribution >= 4 is 11.8 Å². The smallest absolute Gasteiger partial charge is 0.241 e. The summed E-state index contributed by atoms with van der Waals surface area (Å²) in [5.41, 5.74) is 6.75. The lowest BCUT2D eigenvalue weighted by Crippen LogP contribution is -2.42. The van der Waals surface area contributed by atoms with E-state index in [1.165, 1.54) is 0 Å². The minimum absolute atomic E-state index is 0.118. The quantitative estimate of drug-likeness (QED) is 0.860. The molecule has 3 N–H and O–H groups in total. The fourth-order valence-corrected chi connectivity index (χ4v) is 2.99. The number of hydrogen-bond donors (Lipinski definition) is 2. The average molecular weight is 287 g/mol. The van der Waals surface area contributed by atoms with Gasteiger partial charge in [-0.05, 0) is 17.9 Å². The van der Waals surface area contributed by atoms with Crippen molar-refractivity contribution in [2.24, 2.45) is 11.7 Å². The van der Waals surface area contributed by atoms with Crippen LogP contribution in [0.5, 0.6) is 0 Å². The van der Waals surface area contributed by atoms with Gasteiger partial charge in [0.15, 0.2) is 0 Å². The van der Waals surface area contributed by atoms with Gasteiger partial charge in [0.05, 0.1) is 6.04 Å². The van der Waals surface area contributed by atoms with Crippen LogP contribution in [0, 0.1) is 5.92 Å². The van der Waals surface area contributed by atoms with Crippen molar-refractivity contribution in [3.8, 4) is 0 Å². The highest BCUT2D eigenvalue weighted by molar-refractivity contribution is 5.85.